The number of nitrogens with one attached hydrogen (secondary N) is 1. The van der Waals surface area contributed by atoms with Gasteiger partial charge in [0, 0.05) is 6.54 Å². The number of piperidine rings is 1. The molecule has 1 saturated heterocycles. The van der Waals surface area contributed by atoms with E-state index in [2.05, 4.69) is 30.0 Å². The second-order valence-electron chi connectivity index (χ2n) is 5.00. The summed E-state index contributed by atoms with van der Waals surface area (Å²) < 4.78 is 0. The molecule has 1 heterocycles. The lowest BCUT2D eigenvalue weighted by molar-refractivity contribution is 0.190. The molecular weight excluding hydrogens is 184 g/mol. The Morgan fingerprint density at radius 3 is 3.00 bits per heavy atom. The normalized spacial score (nSPS) is 22.9. The van der Waals surface area contributed by atoms with Crippen LogP contribution < -0.4 is 5.32 Å². The summed E-state index contributed by atoms with van der Waals surface area (Å²) in [4.78, 5) is 2.39. The number of hydrogen-bond acceptors (Lipinski definition) is 2. The number of likely N-dealkylation sites (tertiary alicyclic amines) is 1. The van der Waals surface area contributed by atoms with E-state index in [1.54, 1.807) is 0 Å². The minimum Gasteiger partial charge on any atom is -0.316 e. The number of rotatable bonds is 5. The first-order chi connectivity index (χ1) is 7.22. The van der Waals surface area contributed by atoms with Crippen LogP contribution in [0.4, 0.5) is 0 Å². The SMILES string of the molecule is C#CCN1CCCC(CNCC(C)C)C1. The zero-order valence-electron chi connectivity index (χ0n) is 10.1. The Morgan fingerprint density at radius 1 is 1.53 bits per heavy atom. The van der Waals surface area contributed by atoms with Crippen molar-refractivity contribution in [1.82, 2.24) is 10.2 Å². The molecule has 1 rings (SSSR count). The third-order valence-corrected chi connectivity index (χ3v) is 2.90. The highest BCUT2D eigenvalue weighted by molar-refractivity contribution is 4.90. The molecule has 2 heteroatoms. The van der Waals surface area contributed by atoms with E-state index in [4.69, 9.17) is 6.42 Å². The Balaban J connectivity index is 2.16. The largest absolute Gasteiger partial charge is 0.316 e. The average molecular weight is 208 g/mol. The summed E-state index contributed by atoms with van der Waals surface area (Å²) in [5.74, 6) is 4.28. The van der Waals surface area contributed by atoms with Crippen LogP contribution >= 0.6 is 0 Å². The van der Waals surface area contributed by atoms with Crippen LogP contribution in [-0.4, -0.2) is 37.6 Å². The standard InChI is InChI=1S/C13H24N2/c1-4-7-15-8-5-6-13(11-15)10-14-9-12(2)3/h1,12-14H,5-11H2,2-3H3. The van der Waals surface area contributed by atoms with Gasteiger partial charge in [-0.1, -0.05) is 19.8 Å². The molecule has 0 radical (unpaired) electrons. The van der Waals surface area contributed by atoms with Crippen LogP contribution in [0.3, 0.4) is 0 Å². The maximum Gasteiger partial charge on any atom is 0.0599 e. The van der Waals surface area contributed by atoms with Gasteiger partial charge in [-0.3, -0.25) is 4.90 Å². The average Bonchev–Trinajstić information content (AvgIpc) is 2.18. The van der Waals surface area contributed by atoms with Crippen molar-refractivity contribution < 1.29 is 0 Å². The van der Waals surface area contributed by atoms with Gasteiger partial charge in [0.2, 0.25) is 0 Å². The van der Waals surface area contributed by atoms with Gasteiger partial charge in [-0.05, 0) is 44.3 Å². The zero-order valence-corrected chi connectivity index (χ0v) is 10.1. The Bertz CT molecular complexity index is 205. The summed E-state index contributed by atoms with van der Waals surface area (Å²) in [6.07, 6.45) is 7.99. The molecule has 0 spiro atoms. The molecule has 1 aliphatic heterocycles. The van der Waals surface area contributed by atoms with E-state index in [1.807, 2.05) is 0 Å². The fraction of sp³-hybridized carbons (Fsp3) is 0.846. The fourth-order valence-electron chi connectivity index (χ4n) is 2.17. The molecule has 86 valence electrons. The highest BCUT2D eigenvalue weighted by Crippen LogP contribution is 2.15. The molecule has 1 atom stereocenters. The molecule has 0 aromatic carbocycles. The summed E-state index contributed by atoms with van der Waals surface area (Å²) >= 11 is 0. The molecule has 1 aliphatic rings. The molecule has 1 fully saturated rings. The summed E-state index contributed by atoms with van der Waals surface area (Å²) in [7, 11) is 0. The summed E-state index contributed by atoms with van der Waals surface area (Å²) in [5.41, 5.74) is 0. The Kier molecular flexibility index (Phi) is 5.75. The van der Waals surface area contributed by atoms with Crippen LogP contribution in [0.5, 0.6) is 0 Å². The molecule has 0 amide bonds. The summed E-state index contributed by atoms with van der Waals surface area (Å²) in [6, 6.07) is 0. The minimum absolute atomic E-state index is 0.746. The van der Waals surface area contributed by atoms with Gasteiger partial charge >= 0.3 is 0 Å². The molecule has 0 aromatic heterocycles. The van der Waals surface area contributed by atoms with Crippen LogP contribution in [0.1, 0.15) is 26.7 Å². The number of hydrogen-bond donors (Lipinski definition) is 1. The number of terminal acetylenes is 1. The van der Waals surface area contributed by atoms with E-state index in [0.717, 1.165) is 31.5 Å². The first kappa shape index (κ1) is 12.5. The van der Waals surface area contributed by atoms with Crippen molar-refractivity contribution in [3.63, 3.8) is 0 Å². The Hall–Kier alpha value is -0.520. The van der Waals surface area contributed by atoms with Gasteiger partial charge in [-0.2, -0.15) is 0 Å². The van der Waals surface area contributed by atoms with E-state index in [-0.39, 0.29) is 0 Å². The van der Waals surface area contributed by atoms with Gasteiger partial charge in [-0.25, -0.2) is 0 Å². The first-order valence-corrected chi connectivity index (χ1v) is 6.09. The lowest BCUT2D eigenvalue weighted by Crippen LogP contribution is -2.40. The molecular formula is C13H24N2. The third kappa shape index (κ3) is 5.20. The molecule has 0 bridgehead atoms. The van der Waals surface area contributed by atoms with Gasteiger partial charge < -0.3 is 5.32 Å². The first-order valence-electron chi connectivity index (χ1n) is 6.09. The van der Waals surface area contributed by atoms with E-state index in [1.165, 1.54) is 25.9 Å². The lowest BCUT2D eigenvalue weighted by atomic mass is 9.98. The molecule has 1 unspecified atom stereocenters. The van der Waals surface area contributed by atoms with E-state index < -0.39 is 0 Å². The summed E-state index contributed by atoms with van der Waals surface area (Å²) in [5, 5.41) is 3.54. The van der Waals surface area contributed by atoms with Crippen LogP contribution in [0, 0.1) is 24.2 Å². The lowest BCUT2D eigenvalue weighted by Gasteiger charge is -2.31. The van der Waals surface area contributed by atoms with Gasteiger partial charge in [0.1, 0.15) is 0 Å². The highest BCUT2D eigenvalue weighted by atomic mass is 15.1. The quantitative estimate of drug-likeness (QED) is 0.690. The van der Waals surface area contributed by atoms with Crippen molar-refractivity contribution in [2.75, 3.05) is 32.7 Å². The van der Waals surface area contributed by atoms with Crippen LogP contribution in [0.25, 0.3) is 0 Å². The minimum atomic E-state index is 0.746. The van der Waals surface area contributed by atoms with Crippen molar-refractivity contribution in [3.8, 4) is 12.3 Å². The van der Waals surface area contributed by atoms with E-state index in [0.29, 0.717) is 0 Å². The topological polar surface area (TPSA) is 15.3 Å². The van der Waals surface area contributed by atoms with Gasteiger partial charge in [0.05, 0.1) is 6.54 Å². The zero-order chi connectivity index (χ0) is 11.1. The molecule has 0 aromatic rings. The van der Waals surface area contributed by atoms with Gasteiger partial charge in [0.15, 0.2) is 0 Å². The van der Waals surface area contributed by atoms with E-state index >= 15 is 0 Å². The molecule has 1 N–H and O–H groups in total. The second kappa shape index (κ2) is 6.87. The van der Waals surface area contributed by atoms with Gasteiger partial charge in [0.25, 0.3) is 0 Å². The Morgan fingerprint density at radius 2 is 2.33 bits per heavy atom. The molecule has 0 aliphatic carbocycles. The monoisotopic (exact) mass is 208 g/mol. The maximum absolute atomic E-state index is 5.34. The van der Waals surface area contributed by atoms with Crippen LogP contribution in [0.15, 0.2) is 0 Å². The summed E-state index contributed by atoms with van der Waals surface area (Å²) in [6.45, 7) is 9.96. The second-order valence-corrected chi connectivity index (χ2v) is 5.00. The number of nitrogens with zero attached hydrogens (tertiary/aromatic N) is 1. The van der Waals surface area contributed by atoms with Crippen molar-refractivity contribution in [2.45, 2.75) is 26.7 Å². The third-order valence-electron chi connectivity index (χ3n) is 2.90. The predicted molar refractivity (Wildman–Crippen MR) is 65.7 cm³/mol. The van der Waals surface area contributed by atoms with Crippen LogP contribution in [0.2, 0.25) is 0 Å². The van der Waals surface area contributed by atoms with E-state index in [9.17, 15) is 0 Å². The van der Waals surface area contributed by atoms with Crippen molar-refractivity contribution >= 4 is 0 Å². The molecule has 15 heavy (non-hydrogen) atoms. The van der Waals surface area contributed by atoms with Crippen molar-refractivity contribution in [1.29, 1.82) is 0 Å². The molecule has 0 saturated carbocycles. The van der Waals surface area contributed by atoms with Crippen molar-refractivity contribution in [3.05, 3.63) is 0 Å². The Labute approximate surface area is 94.4 Å². The smallest absolute Gasteiger partial charge is 0.0599 e. The highest BCUT2D eigenvalue weighted by Gasteiger charge is 2.18. The van der Waals surface area contributed by atoms with Crippen molar-refractivity contribution in [2.24, 2.45) is 11.8 Å². The maximum atomic E-state index is 5.34. The van der Waals surface area contributed by atoms with Crippen LogP contribution in [-0.2, 0) is 0 Å². The van der Waals surface area contributed by atoms with Gasteiger partial charge in [-0.15, -0.1) is 6.42 Å². The molecule has 2 nitrogen and oxygen atoms in total. The predicted octanol–water partition coefficient (Wildman–Crippen LogP) is 1.58. The fourth-order valence-corrected chi connectivity index (χ4v) is 2.17.